The number of ether oxygens (including phenoxy) is 3. The van der Waals surface area contributed by atoms with Crippen molar-refractivity contribution in [2.45, 2.75) is 6.42 Å². The zero-order valence-corrected chi connectivity index (χ0v) is 13.3. The van der Waals surface area contributed by atoms with Gasteiger partial charge in [-0.2, -0.15) is 0 Å². The van der Waals surface area contributed by atoms with Gasteiger partial charge in [-0.1, -0.05) is 28.1 Å². The van der Waals surface area contributed by atoms with Crippen LogP contribution in [-0.4, -0.2) is 38.5 Å². The van der Waals surface area contributed by atoms with Crippen molar-refractivity contribution in [2.75, 3.05) is 33.5 Å². The first-order chi connectivity index (χ1) is 9.15. The fourth-order valence-electron chi connectivity index (χ4n) is 1.41. The summed E-state index contributed by atoms with van der Waals surface area (Å²) in [7, 11) is 1.65. The number of halogens is 1. The van der Waals surface area contributed by atoms with Crippen molar-refractivity contribution in [2.24, 2.45) is 5.73 Å². The van der Waals surface area contributed by atoms with Gasteiger partial charge in [0.1, 0.15) is 10.7 Å². The van der Waals surface area contributed by atoms with E-state index in [-0.39, 0.29) is 0 Å². The summed E-state index contributed by atoms with van der Waals surface area (Å²) in [5.74, 6) is 0.693. The van der Waals surface area contributed by atoms with Crippen LogP contribution < -0.4 is 10.5 Å². The fraction of sp³-hybridized carbons (Fsp3) is 0.462. The van der Waals surface area contributed by atoms with Gasteiger partial charge in [-0.05, 0) is 18.2 Å². The Balaban J connectivity index is 2.36. The van der Waals surface area contributed by atoms with Gasteiger partial charge < -0.3 is 19.9 Å². The molecule has 0 saturated heterocycles. The van der Waals surface area contributed by atoms with Crippen LogP contribution in [0, 0.1) is 0 Å². The molecule has 19 heavy (non-hydrogen) atoms. The van der Waals surface area contributed by atoms with Gasteiger partial charge in [0.05, 0.1) is 25.4 Å². The molecule has 1 aromatic carbocycles. The smallest absolute Gasteiger partial charge is 0.130 e. The highest BCUT2D eigenvalue weighted by atomic mass is 79.9. The average Bonchev–Trinajstić information content (AvgIpc) is 2.37. The zero-order chi connectivity index (χ0) is 14.1. The van der Waals surface area contributed by atoms with Gasteiger partial charge in [0.2, 0.25) is 0 Å². The molecule has 0 bridgehead atoms. The van der Waals surface area contributed by atoms with Crippen molar-refractivity contribution in [1.82, 2.24) is 0 Å². The van der Waals surface area contributed by atoms with Gasteiger partial charge in [0.15, 0.2) is 0 Å². The predicted octanol–water partition coefficient (Wildman–Crippen LogP) is 2.52. The molecule has 1 aromatic rings. The standard InChI is InChI=1S/C13H18BrNO3S/c1-16-7-8-17-5-2-6-18-12-9-10(14)3-4-11(12)13(15)19/h3-4,9H,2,5-8H2,1H3,(H2,15,19). The van der Waals surface area contributed by atoms with Crippen LogP contribution in [0.15, 0.2) is 22.7 Å². The summed E-state index contributed by atoms with van der Waals surface area (Å²) in [4.78, 5) is 0.332. The lowest BCUT2D eigenvalue weighted by molar-refractivity contribution is 0.0644. The molecule has 0 heterocycles. The second-order valence-corrected chi connectivity index (χ2v) is 5.17. The largest absolute Gasteiger partial charge is 0.493 e. The lowest BCUT2D eigenvalue weighted by Crippen LogP contribution is -2.13. The molecule has 0 spiro atoms. The van der Waals surface area contributed by atoms with E-state index in [4.69, 9.17) is 32.2 Å². The number of thiocarbonyl (C=S) groups is 1. The van der Waals surface area contributed by atoms with Crippen LogP contribution in [-0.2, 0) is 9.47 Å². The SMILES string of the molecule is COCCOCCCOc1cc(Br)ccc1C(N)=S. The van der Waals surface area contributed by atoms with Crippen molar-refractivity contribution < 1.29 is 14.2 Å². The number of benzene rings is 1. The minimum Gasteiger partial charge on any atom is -0.493 e. The zero-order valence-electron chi connectivity index (χ0n) is 10.9. The van der Waals surface area contributed by atoms with Crippen LogP contribution in [0.2, 0.25) is 0 Å². The Labute approximate surface area is 127 Å². The molecule has 0 saturated carbocycles. The van der Waals surface area contributed by atoms with Crippen LogP contribution in [0.3, 0.4) is 0 Å². The van der Waals surface area contributed by atoms with Crippen molar-refractivity contribution in [3.8, 4) is 5.75 Å². The summed E-state index contributed by atoms with van der Waals surface area (Å²) in [5.41, 5.74) is 6.40. The molecule has 0 radical (unpaired) electrons. The van der Waals surface area contributed by atoms with Crippen LogP contribution in [0.1, 0.15) is 12.0 Å². The van der Waals surface area contributed by atoms with E-state index in [0.717, 1.165) is 16.5 Å². The van der Waals surface area contributed by atoms with E-state index in [1.54, 1.807) is 7.11 Å². The molecule has 6 heteroatoms. The monoisotopic (exact) mass is 347 g/mol. The molecule has 2 N–H and O–H groups in total. The Morgan fingerprint density at radius 3 is 2.74 bits per heavy atom. The highest BCUT2D eigenvalue weighted by Gasteiger charge is 2.07. The Kier molecular flexibility index (Phi) is 7.97. The summed E-state index contributed by atoms with van der Waals surface area (Å²) in [5, 5.41) is 0. The van der Waals surface area contributed by atoms with Gasteiger partial charge >= 0.3 is 0 Å². The summed E-state index contributed by atoms with van der Waals surface area (Å²) in [6, 6.07) is 5.59. The van der Waals surface area contributed by atoms with E-state index in [0.29, 0.717) is 37.2 Å². The molecule has 106 valence electrons. The van der Waals surface area contributed by atoms with Crippen molar-refractivity contribution in [3.63, 3.8) is 0 Å². The normalized spacial score (nSPS) is 10.4. The first-order valence-electron chi connectivity index (χ1n) is 5.94. The quantitative estimate of drug-likeness (QED) is 0.549. The molecule has 4 nitrogen and oxygen atoms in total. The lowest BCUT2D eigenvalue weighted by Gasteiger charge is -2.11. The third-order valence-electron chi connectivity index (χ3n) is 2.33. The molecule has 0 aliphatic heterocycles. The Morgan fingerprint density at radius 1 is 1.26 bits per heavy atom. The molecule has 0 aromatic heterocycles. The van der Waals surface area contributed by atoms with Gasteiger partial charge in [-0.25, -0.2) is 0 Å². The Bertz CT molecular complexity index is 415. The van der Waals surface area contributed by atoms with E-state index < -0.39 is 0 Å². The van der Waals surface area contributed by atoms with Gasteiger partial charge in [-0.3, -0.25) is 0 Å². The molecular formula is C13H18BrNO3S. The summed E-state index contributed by atoms with van der Waals surface area (Å²) in [6.07, 6.45) is 0.799. The van der Waals surface area contributed by atoms with Crippen LogP contribution >= 0.6 is 28.1 Å². The number of hydrogen-bond donors (Lipinski definition) is 1. The first-order valence-corrected chi connectivity index (χ1v) is 7.14. The Hall–Kier alpha value is -0.690. The molecule has 0 fully saturated rings. The summed E-state index contributed by atoms with van der Waals surface area (Å²) in [6.45, 7) is 2.41. The van der Waals surface area contributed by atoms with Crippen LogP contribution in [0.25, 0.3) is 0 Å². The molecule has 0 aliphatic carbocycles. The van der Waals surface area contributed by atoms with E-state index in [1.165, 1.54) is 0 Å². The topological polar surface area (TPSA) is 53.7 Å². The second-order valence-electron chi connectivity index (χ2n) is 3.81. The van der Waals surface area contributed by atoms with Crippen molar-refractivity contribution in [1.29, 1.82) is 0 Å². The van der Waals surface area contributed by atoms with Crippen molar-refractivity contribution in [3.05, 3.63) is 28.2 Å². The first kappa shape index (κ1) is 16.4. The highest BCUT2D eigenvalue weighted by molar-refractivity contribution is 9.10. The molecule has 0 aliphatic rings. The predicted molar refractivity (Wildman–Crippen MR) is 82.8 cm³/mol. The minimum atomic E-state index is 0.332. The number of hydrogen-bond acceptors (Lipinski definition) is 4. The van der Waals surface area contributed by atoms with E-state index in [9.17, 15) is 0 Å². The van der Waals surface area contributed by atoms with E-state index in [1.807, 2.05) is 18.2 Å². The molecule has 0 atom stereocenters. The van der Waals surface area contributed by atoms with Gasteiger partial charge in [0, 0.05) is 24.6 Å². The fourth-order valence-corrected chi connectivity index (χ4v) is 1.92. The molecular weight excluding hydrogens is 330 g/mol. The molecule has 1 rings (SSSR count). The van der Waals surface area contributed by atoms with Crippen molar-refractivity contribution >= 4 is 33.1 Å². The number of methoxy groups -OCH3 is 1. The van der Waals surface area contributed by atoms with E-state index in [2.05, 4.69) is 15.9 Å². The number of rotatable bonds is 9. The average molecular weight is 348 g/mol. The minimum absolute atomic E-state index is 0.332. The highest BCUT2D eigenvalue weighted by Crippen LogP contribution is 2.23. The lowest BCUT2D eigenvalue weighted by atomic mass is 10.2. The maximum absolute atomic E-state index is 5.68. The molecule has 0 unspecified atom stereocenters. The van der Waals surface area contributed by atoms with E-state index >= 15 is 0 Å². The summed E-state index contributed by atoms with van der Waals surface area (Å²) < 4.78 is 16.8. The third-order valence-corrected chi connectivity index (χ3v) is 3.04. The van der Waals surface area contributed by atoms with Crippen LogP contribution in [0.4, 0.5) is 0 Å². The summed E-state index contributed by atoms with van der Waals surface area (Å²) >= 11 is 8.38. The Morgan fingerprint density at radius 2 is 2.05 bits per heavy atom. The van der Waals surface area contributed by atoms with Crippen LogP contribution in [0.5, 0.6) is 5.75 Å². The second kappa shape index (κ2) is 9.25. The maximum Gasteiger partial charge on any atom is 0.130 e. The maximum atomic E-state index is 5.68. The van der Waals surface area contributed by atoms with Gasteiger partial charge in [-0.15, -0.1) is 0 Å². The molecule has 0 amide bonds. The van der Waals surface area contributed by atoms with Gasteiger partial charge in [0.25, 0.3) is 0 Å². The third kappa shape index (κ3) is 6.33. The number of nitrogens with two attached hydrogens (primary N) is 1.